The Bertz CT molecular complexity index is 521. The molecule has 2 rings (SSSR count). The van der Waals surface area contributed by atoms with Crippen LogP contribution in [0.15, 0.2) is 0 Å². The summed E-state index contributed by atoms with van der Waals surface area (Å²) in [5.74, 6) is 0. The van der Waals surface area contributed by atoms with Crippen molar-refractivity contribution in [3.05, 3.63) is 20.5 Å². The first kappa shape index (κ1) is 10.6. The maximum atomic E-state index is 9.15. The van der Waals surface area contributed by atoms with Crippen molar-refractivity contribution in [3.63, 3.8) is 0 Å². The van der Waals surface area contributed by atoms with E-state index in [0.717, 1.165) is 22.2 Å². The van der Waals surface area contributed by atoms with E-state index in [1.165, 1.54) is 16.9 Å². The van der Waals surface area contributed by atoms with Crippen LogP contribution in [0.2, 0.25) is 0 Å². The minimum Gasteiger partial charge on any atom is -0.389 e. The zero-order valence-corrected chi connectivity index (χ0v) is 10.4. The third kappa shape index (κ3) is 1.47. The van der Waals surface area contributed by atoms with Gasteiger partial charge in [-0.3, -0.25) is 0 Å². The molecule has 0 aliphatic heterocycles. The predicted octanol–water partition coefficient (Wildman–Crippen LogP) is 3.16. The van der Waals surface area contributed by atoms with E-state index in [-0.39, 0.29) is 5.41 Å². The fourth-order valence-corrected chi connectivity index (χ4v) is 3.49. The van der Waals surface area contributed by atoms with Gasteiger partial charge in [-0.1, -0.05) is 26.1 Å². The van der Waals surface area contributed by atoms with E-state index in [9.17, 15) is 0 Å². The fraction of sp³-hybridized carbons (Fsp3) is 0.455. The van der Waals surface area contributed by atoms with Gasteiger partial charge in [0.05, 0.1) is 9.39 Å². The van der Waals surface area contributed by atoms with Crippen LogP contribution in [0, 0.1) is 15.2 Å². The molecule has 2 nitrogen and oxygen atoms in total. The fourth-order valence-electron chi connectivity index (χ4n) is 2.24. The van der Waals surface area contributed by atoms with Gasteiger partial charge in [0, 0.05) is 0 Å². The van der Waals surface area contributed by atoms with Gasteiger partial charge < -0.3 is 5.73 Å². The van der Waals surface area contributed by atoms with Gasteiger partial charge in [0.15, 0.2) is 0 Å². The standard InChI is InChI=1S/C11H12N2S2/c1-11(2)4-3-6-8(11)7(5-12)9(13)15-10(6)14/h3-4,13H2,1-2H3. The second kappa shape index (κ2) is 3.29. The van der Waals surface area contributed by atoms with Crippen molar-refractivity contribution in [1.82, 2.24) is 0 Å². The average molecular weight is 236 g/mol. The monoisotopic (exact) mass is 236 g/mol. The van der Waals surface area contributed by atoms with Crippen molar-refractivity contribution >= 4 is 28.6 Å². The van der Waals surface area contributed by atoms with Gasteiger partial charge in [-0.05, 0) is 29.4 Å². The van der Waals surface area contributed by atoms with Crippen LogP contribution < -0.4 is 5.73 Å². The number of nitrogens with zero attached hydrogens (tertiary/aromatic N) is 1. The van der Waals surface area contributed by atoms with Gasteiger partial charge in [-0.25, -0.2) is 0 Å². The minimum absolute atomic E-state index is 0.0378. The molecule has 2 N–H and O–H groups in total. The molecule has 1 aromatic heterocycles. The van der Waals surface area contributed by atoms with E-state index in [2.05, 4.69) is 19.9 Å². The Balaban J connectivity index is 2.88. The summed E-state index contributed by atoms with van der Waals surface area (Å²) < 4.78 is 0.854. The topological polar surface area (TPSA) is 49.8 Å². The molecule has 15 heavy (non-hydrogen) atoms. The lowest BCUT2D eigenvalue weighted by molar-refractivity contribution is 0.521. The lowest BCUT2D eigenvalue weighted by Gasteiger charge is -2.20. The molecule has 1 aromatic rings. The van der Waals surface area contributed by atoms with Crippen molar-refractivity contribution in [2.24, 2.45) is 0 Å². The maximum Gasteiger partial charge on any atom is 0.105 e. The molecule has 0 unspecified atom stereocenters. The van der Waals surface area contributed by atoms with Crippen molar-refractivity contribution in [3.8, 4) is 6.07 Å². The first-order chi connectivity index (χ1) is 6.97. The van der Waals surface area contributed by atoms with Gasteiger partial charge in [-0.2, -0.15) is 5.26 Å². The third-order valence-electron chi connectivity index (χ3n) is 3.04. The molecule has 0 saturated carbocycles. The lowest BCUT2D eigenvalue weighted by atomic mass is 9.85. The second-order valence-corrected chi connectivity index (χ2v) is 6.20. The Morgan fingerprint density at radius 3 is 2.80 bits per heavy atom. The molecule has 0 spiro atoms. The highest BCUT2D eigenvalue weighted by molar-refractivity contribution is 7.73. The molecule has 0 bridgehead atoms. The molecule has 0 amide bonds. The average Bonchev–Trinajstić information content (AvgIpc) is 2.44. The molecular weight excluding hydrogens is 224 g/mol. The Hall–Kier alpha value is -0.920. The summed E-state index contributed by atoms with van der Waals surface area (Å²) in [5.41, 5.74) is 8.80. The molecule has 0 atom stereocenters. The van der Waals surface area contributed by atoms with Gasteiger partial charge in [0.2, 0.25) is 0 Å². The van der Waals surface area contributed by atoms with E-state index < -0.39 is 0 Å². The van der Waals surface area contributed by atoms with Crippen LogP contribution in [0.1, 0.15) is 37.0 Å². The highest BCUT2D eigenvalue weighted by Crippen LogP contribution is 2.43. The summed E-state index contributed by atoms with van der Waals surface area (Å²) in [7, 11) is 0. The van der Waals surface area contributed by atoms with Crippen LogP contribution in [-0.4, -0.2) is 0 Å². The Morgan fingerprint density at radius 1 is 1.53 bits per heavy atom. The van der Waals surface area contributed by atoms with Crippen LogP contribution in [0.4, 0.5) is 5.00 Å². The maximum absolute atomic E-state index is 9.15. The largest absolute Gasteiger partial charge is 0.389 e. The van der Waals surface area contributed by atoms with Gasteiger partial charge in [0.1, 0.15) is 11.1 Å². The number of nitriles is 1. The molecule has 1 aliphatic rings. The number of nitrogens with two attached hydrogens (primary N) is 1. The molecular formula is C11H12N2S2. The second-order valence-electron chi connectivity index (χ2n) is 4.48. The van der Waals surface area contributed by atoms with Crippen molar-refractivity contribution in [2.75, 3.05) is 5.73 Å². The van der Waals surface area contributed by atoms with Crippen LogP contribution in [-0.2, 0) is 11.8 Å². The van der Waals surface area contributed by atoms with E-state index in [1.54, 1.807) is 0 Å². The van der Waals surface area contributed by atoms with E-state index in [0.29, 0.717) is 10.6 Å². The Labute approximate surface area is 98.4 Å². The molecule has 0 aromatic carbocycles. The molecule has 0 saturated heterocycles. The first-order valence-electron chi connectivity index (χ1n) is 4.83. The van der Waals surface area contributed by atoms with Crippen molar-refractivity contribution < 1.29 is 0 Å². The predicted molar refractivity (Wildman–Crippen MR) is 65.6 cm³/mol. The number of fused-ring (bicyclic) bond motifs is 1. The summed E-state index contributed by atoms with van der Waals surface area (Å²) in [6, 6.07) is 2.22. The SMILES string of the molecule is CC1(C)CCc2c1c(C#N)c(N)sc2=S. The van der Waals surface area contributed by atoms with Crippen LogP contribution in [0.3, 0.4) is 0 Å². The van der Waals surface area contributed by atoms with E-state index in [4.69, 9.17) is 23.2 Å². The Kier molecular flexibility index (Phi) is 2.32. The number of anilines is 1. The number of hydrogen-bond acceptors (Lipinski definition) is 4. The molecule has 1 heterocycles. The lowest BCUT2D eigenvalue weighted by Crippen LogP contribution is -2.14. The van der Waals surface area contributed by atoms with Crippen LogP contribution >= 0.6 is 23.6 Å². The molecule has 1 aliphatic carbocycles. The minimum atomic E-state index is 0.0378. The molecule has 0 fully saturated rings. The Morgan fingerprint density at radius 2 is 2.20 bits per heavy atom. The van der Waals surface area contributed by atoms with Crippen LogP contribution in [0.25, 0.3) is 0 Å². The zero-order valence-electron chi connectivity index (χ0n) is 8.76. The summed E-state index contributed by atoms with van der Waals surface area (Å²) in [6.07, 6.45) is 2.03. The number of rotatable bonds is 0. The molecule has 4 heteroatoms. The summed E-state index contributed by atoms with van der Waals surface area (Å²) in [4.78, 5) is 0. The number of nitrogen functional groups attached to an aromatic ring is 1. The van der Waals surface area contributed by atoms with E-state index in [1.807, 2.05) is 0 Å². The van der Waals surface area contributed by atoms with Gasteiger partial charge in [0.25, 0.3) is 0 Å². The highest BCUT2D eigenvalue weighted by Gasteiger charge is 2.34. The van der Waals surface area contributed by atoms with E-state index >= 15 is 0 Å². The van der Waals surface area contributed by atoms with Gasteiger partial charge >= 0.3 is 0 Å². The summed E-state index contributed by atoms with van der Waals surface area (Å²) in [5, 5.41) is 9.71. The molecule has 0 radical (unpaired) electrons. The van der Waals surface area contributed by atoms with Crippen molar-refractivity contribution in [2.45, 2.75) is 32.1 Å². The highest BCUT2D eigenvalue weighted by atomic mass is 32.1. The van der Waals surface area contributed by atoms with Gasteiger partial charge in [-0.15, -0.1) is 11.3 Å². The zero-order chi connectivity index (χ0) is 11.2. The smallest absolute Gasteiger partial charge is 0.105 e. The quantitative estimate of drug-likeness (QED) is 0.704. The number of hydrogen-bond donors (Lipinski definition) is 1. The molecule has 78 valence electrons. The normalized spacial score (nSPS) is 17.1. The first-order valence-corrected chi connectivity index (χ1v) is 6.06. The summed E-state index contributed by atoms with van der Waals surface area (Å²) >= 11 is 6.66. The van der Waals surface area contributed by atoms with Crippen molar-refractivity contribution in [1.29, 1.82) is 5.26 Å². The third-order valence-corrected chi connectivity index (χ3v) is 4.39. The van der Waals surface area contributed by atoms with Crippen LogP contribution in [0.5, 0.6) is 0 Å². The summed E-state index contributed by atoms with van der Waals surface area (Å²) in [6.45, 7) is 4.30.